The van der Waals surface area contributed by atoms with Gasteiger partial charge >= 0.3 is 0 Å². The molecule has 0 bridgehead atoms. The number of aromatic nitrogens is 1. The summed E-state index contributed by atoms with van der Waals surface area (Å²) in [5.41, 5.74) is 2.92. The number of methoxy groups -OCH3 is 1. The highest BCUT2D eigenvalue weighted by Gasteiger charge is 2.25. The van der Waals surface area contributed by atoms with Crippen molar-refractivity contribution in [2.75, 3.05) is 13.7 Å². The molecule has 0 aliphatic heterocycles. The predicted octanol–water partition coefficient (Wildman–Crippen LogP) is 5.34. The number of rotatable bonds is 6. The van der Waals surface area contributed by atoms with E-state index in [1.165, 1.54) is 19.2 Å². The summed E-state index contributed by atoms with van der Waals surface area (Å²) in [5, 5.41) is 0.821. The minimum atomic E-state index is -0.649. The SMILES string of the molecule is CCOc1cc2[nH]cc(C(=O)C(Br)c3ccc(F)cc3OC)c2cc1C. The van der Waals surface area contributed by atoms with E-state index in [-0.39, 0.29) is 5.78 Å². The highest BCUT2D eigenvalue weighted by molar-refractivity contribution is 9.09. The summed E-state index contributed by atoms with van der Waals surface area (Å²) < 4.78 is 24.3. The van der Waals surface area contributed by atoms with E-state index < -0.39 is 10.6 Å². The zero-order chi connectivity index (χ0) is 18.8. The van der Waals surface area contributed by atoms with Gasteiger partial charge in [-0.15, -0.1) is 0 Å². The van der Waals surface area contributed by atoms with Crippen LogP contribution < -0.4 is 9.47 Å². The molecule has 2 aromatic carbocycles. The third-order valence-corrected chi connectivity index (χ3v) is 5.15. The van der Waals surface area contributed by atoms with Gasteiger partial charge in [0.2, 0.25) is 0 Å². The zero-order valence-electron chi connectivity index (χ0n) is 14.7. The highest BCUT2D eigenvalue weighted by Crippen LogP contribution is 2.36. The monoisotopic (exact) mass is 419 g/mol. The first-order valence-electron chi connectivity index (χ1n) is 8.22. The fourth-order valence-electron chi connectivity index (χ4n) is 2.94. The predicted molar refractivity (Wildman–Crippen MR) is 103 cm³/mol. The van der Waals surface area contributed by atoms with E-state index in [4.69, 9.17) is 9.47 Å². The van der Waals surface area contributed by atoms with E-state index >= 15 is 0 Å². The first kappa shape index (κ1) is 18.5. The van der Waals surface area contributed by atoms with E-state index in [1.807, 2.05) is 26.0 Å². The molecule has 0 aliphatic rings. The van der Waals surface area contributed by atoms with Crippen molar-refractivity contribution in [2.24, 2.45) is 0 Å². The number of carbonyl (C=O) groups is 1. The highest BCUT2D eigenvalue weighted by atomic mass is 79.9. The maximum atomic E-state index is 13.4. The third-order valence-electron chi connectivity index (χ3n) is 4.24. The number of halogens is 2. The van der Waals surface area contributed by atoms with Gasteiger partial charge in [-0.3, -0.25) is 4.79 Å². The Balaban J connectivity index is 2.01. The summed E-state index contributed by atoms with van der Waals surface area (Å²) in [6, 6.07) is 7.97. The molecule has 0 saturated carbocycles. The molecule has 0 aliphatic carbocycles. The molecular formula is C20H19BrFNO3. The zero-order valence-corrected chi connectivity index (χ0v) is 16.3. The van der Waals surface area contributed by atoms with Crippen molar-refractivity contribution >= 4 is 32.6 Å². The van der Waals surface area contributed by atoms with Crippen LogP contribution in [0.2, 0.25) is 0 Å². The number of aromatic amines is 1. The van der Waals surface area contributed by atoms with Crippen LogP contribution in [0, 0.1) is 12.7 Å². The van der Waals surface area contributed by atoms with E-state index in [2.05, 4.69) is 20.9 Å². The van der Waals surface area contributed by atoms with Crippen LogP contribution in [0.25, 0.3) is 10.9 Å². The smallest absolute Gasteiger partial charge is 0.183 e. The molecule has 3 aromatic rings. The molecule has 0 radical (unpaired) electrons. The van der Waals surface area contributed by atoms with Gasteiger partial charge in [-0.25, -0.2) is 4.39 Å². The molecule has 1 N–H and O–H groups in total. The Bertz CT molecular complexity index is 967. The van der Waals surface area contributed by atoms with Crippen molar-refractivity contribution in [1.82, 2.24) is 4.98 Å². The summed E-state index contributed by atoms with van der Waals surface area (Å²) in [4.78, 5) is 15.5. The second kappa shape index (κ2) is 7.50. The number of ketones is 1. The molecule has 6 heteroatoms. The van der Waals surface area contributed by atoms with Gasteiger partial charge in [0.25, 0.3) is 0 Å². The van der Waals surface area contributed by atoms with Crippen LogP contribution in [0.5, 0.6) is 11.5 Å². The molecule has 3 rings (SSSR count). The molecule has 0 spiro atoms. The number of hydrogen-bond donors (Lipinski definition) is 1. The average molecular weight is 420 g/mol. The Labute approximate surface area is 159 Å². The minimum Gasteiger partial charge on any atom is -0.496 e. The Morgan fingerprint density at radius 1 is 1.27 bits per heavy atom. The molecule has 1 unspecified atom stereocenters. The quantitative estimate of drug-likeness (QED) is 0.433. The molecule has 26 heavy (non-hydrogen) atoms. The van der Waals surface area contributed by atoms with Crippen LogP contribution in [-0.2, 0) is 0 Å². The molecule has 136 valence electrons. The van der Waals surface area contributed by atoms with E-state index in [9.17, 15) is 9.18 Å². The number of nitrogens with one attached hydrogen (secondary N) is 1. The van der Waals surface area contributed by atoms with Gasteiger partial charge in [-0.2, -0.15) is 0 Å². The molecular weight excluding hydrogens is 401 g/mol. The third kappa shape index (κ3) is 3.33. The molecule has 1 heterocycles. The largest absolute Gasteiger partial charge is 0.496 e. The van der Waals surface area contributed by atoms with Crippen molar-refractivity contribution in [1.29, 1.82) is 0 Å². The lowest BCUT2D eigenvalue weighted by Gasteiger charge is -2.13. The van der Waals surface area contributed by atoms with Crippen molar-refractivity contribution < 1.29 is 18.7 Å². The molecule has 4 nitrogen and oxygen atoms in total. The number of H-pyrrole nitrogens is 1. The molecule has 1 atom stereocenters. The van der Waals surface area contributed by atoms with E-state index in [0.29, 0.717) is 23.5 Å². The van der Waals surface area contributed by atoms with Gasteiger partial charge in [0, 0.05) is 40.4 Å². The summed E-state index contributed by atoms with van der Waals surface area (Å²) in [6.07, 6.45) is 1.69. The first-order valence-corrected chi connectivity index (χ1v) is 9.14. The second-order valence-corrected chi connectivity index (χ2v) is 6.83. The van der Waals surface area contributed by atoms with Crippen LogP contribution in [0.15, 0.2) is 36.5 Å². The number of alkyl halides is 1. The van der Waals surface area contributed by atoms with Crippen molar-refractivity contribution in [3.63, 3.8) is 0 Å². The lowest BCUT2D eigenvalue weighted by atomic mass is 10.0. The maximum absolute atomic E-state index is 13.4. The van der Waals surface area contributed by atoms with Gasteiger partial charge in [-0.1, -0.05) is 22.0 Å². The number of Topliss-reactive ketones (excluding diaryl/α,β-unsaturated/α-hetero) is 1. The van der Waals surface area contributed by atoms with Gasteiger partial charge in [0.15, 0.2) is 5.78 Å². The van der Waals surface area contributed by atoms with Crippen molar-refractivity contribution in [2.45, 2.75) is 18.7 Å². The Hall–Kier alpha value is -2.34. The van der Waals surface area contributed by atoms with Crippen LogP contribution in [0.4, 0.5) is 4.39 Å². The lowest BCUT2D eigenvalue weighted by Crippen LogP contribution is -2.08. The van der Waals surface area contributed by atoms with Gasteiger partial charge in [-0.05, 0) is 31.5 Å². The molecule has 1 aromatic heterocycles. The minimum absolute atomic E-state index is 0.135. The standard InChI is InChI=1S/C20H19BrFNO3/c1-4-26-17-9-16-14(7-11(17)2)15(10-23-16)20(24)19(21)13-6-5-12(22)8-18(13)25-3/h5-10,19,23H,4H2,1-3H3. The number of hydrogen-bond acceptors (Lipinski definition) is 3. The van der Waals surface area contributed by atoms with Crippen molar-refractivity contribution in [3.8, 4) is 11.5 Å². The Kier molecular flexibility index (Phi) is 5.32. The summed E-state index contributed by atoms with van der Waals surface area (Å²) in [6.45, 7) is 4.45. The second-order valence-electron chi connectivity index (χ2n) is 5.91. The number of carbonyl (C=O) groups excluding carboxylic acids is 1. The fraction of sp³-hybridized carbons (Fsp3) is 0.250. The van der Waals surface area contributed by atoms with Gasteiger partial charge in [0.1, 0.15) is 22.1 Å². The normalized spacial score (nSPS) is 12.2. The van der Waals surface area contributed by atoms with Crippen LogP contribution >= 0.6 is 15.9 Å². The van der Waals surface area contributed by atoms with E-state index in [1.54, 1.807) is 12.3 Å². The van der Waals surface area contributed by atoms with Crippen molar-refractivity contribution in [3.05, 3.63) is 59.0 Å². The van der Waals surface area contributed by atoms with Gasteiger partial charge < -0.3 is 14.5 Å². The number of aryl methyl sites for hydroxylation is 1. The van der Waals surface area contributed by atoms with Crippen LogP contribution in [0.3, 0.4) is 0 Å². The van der Waals surface area contributed by atoms with E-state index in [0.717, 1.165) is 22.2 Å². The molecule has 0 fully saturated rings. The summed E-state index contributed by atoms with van der Waals surface area (Å²) in [7, 11) is 1.45. The maximum Gasteiger partial charge on any atom is 0.183 e. The Morgan fingerprint density at radius 2 is 2.04 bits per heavy atom. The first-order chi connectivity index (χ1) is 12.5. The number of fused-ring (bicyclic) bond motifs is 1. The topological polar surface area (TPSA) is 51.3 Å². The summed E-state index contributed by atoms with van der Waals surface area (Å²) in [5.74, 6) is 0.569. The van der Waals surface area contributed by atoms with Crippen LogP contribution in [-0.4, -0.2) is 24.5 Å². The average Bonchev–Trinajstić information content (AvgIpc) is 3.03. The van der Waals surface area contributed by atoms with Gasteiger partial charge in [0.05, 0.1) is 13.7 Å². The number of benzene rings is 2. The Morgan fingerprint density at radius 3 is 2.73 bits per heavy atom. The summed E-state index contributed by atoms with van der Waals surface area (Å²) >= 11 is 3.44. The van der Waals surface area contributed by atoms with Crippen LogP contribution in [0.1, 0.15) is 33.2 Å². The number of ether oxygens (including phenoxy) is 2. The lowest BCUT2D eigenvalue weighted by molar-refractivity contribution is 0.0992. The molecule has 0 saturated heterocycles. The molecule has 0 amide bonds. The fourth-order valence-corrected chi connectivity index (χ4v) is 3.57.